The molecule has 1 nitrogen and oxygen atoms in total. The van der Waals surface area contributed by atoms with Crippen molar-refractivity contribution in [3.8, 4) is 5.75 Å². The maximum atomic E-state index is 9.03. The zero-order chi connectivity index (χ0) is 8.97. The molecule has 0 fully saturated rings. The van der Waals surface area contributed by atoms with Crippen LogP contribution in [-0.2, 0) is 0 Å². The zero-order valence-corrected chi connectivity index (χ0v) is 8.78. The summed E-state index contributed by atoms with van der Waals surface area (Å²) >= 11 is -0.136. The fourth-order valence-electron chi connectivity index (χ4n) is 0.798. The number of rotatable bonds is 3. The van der Waals surface area contributed by atoms with Crippen LogP contribution in [0.15, 0.2) is 41.5 Å². The van der Waals surface area contributed by atoms with Crippen molar-refractivity contribution in [1.29, 1.82) is 0 Å². The van der Waals surface area contributed by atoms with Crippen molar-refractivity contribution >= 4 is 3.58 Å². The Hall–Kier alpha value is -0.770. The van der Waals surface area contributed by atoms with E-state index in [1.807, 2.05) is 16.2 Å². The fraction of sp³-hybridized carbons (Fsp3) is 0. The predicted molar refractivity (Wildman–Crippen MR) is 47.3 cm³/mol. The van der Waals surface area contributed by atoms with Crippen LogP contribution in [0.25, 0.3) is 3.58 Å². The van der Waals surface area contributed by atoms with Gasteiger partial charge in [0.15, 0.2) is 0 Å². The van der Waals surface area contributed by atoms with E-state index in [0.29, 0.717) is 5.75 Å². The first-order chi connectivity index (χ1) is 5.74. The Kier molecular flexibility index (Phi) is 3.34. The van der Waals surface area contributed by atoms with Crippen LogP contribution < -0.4 is 21.2 Å². The van der Waals surface area contributed by atoms with E-state index in [9.17, 15) is 0 Å². The van der Waals surface area contributed by atoms with Crippen molar-refractivity contribution in [1.82, 2.24) is 0 Å². The second-order valence-electron chi connectivity index (χ2n) is 2.22. The van der Waals surface area contributed by atoms with Crippen LogP contribution in [0.2, 0.25) is 0 Å². The first-order valence-electron chi connectivity index (χ1n) is 3.46. The standard InChI is InChI=1S/C10H10IO/c1-3-11-8(2)9-4-6-10(12)7-5-9/h3-7,12H,1-2H2/q-1. The van der Waals surface area contributed by atoms with E-state index >= 15 is 0 Å². The summed E-state index contributed by atoms with van der Waals surface area (Å²) in [5.74, 6) is 0.295. The average Bonchev–Trinajstić information content (AvgIpc) is 2.06. The topological polar surface area (TPSA) is 20.2 Å². The van der Waals surface area contributed by atoms with Crippen LogP contribution in [0.1, 0.15) is 5.56 Å². The van der Waals surface area contributed by atoms with E-state index in [0.717, 1.165) is 9.14 Å². The molecule has 0 aromatic heterocycles. The van der Waals surface area contributed by atoms with E-state index < -0.39 is 0 Å². The zero-order valence-electron chi connectivity index (χ0n) is 6.63. The molecule has 0 spiro atoms. The van der Waals surface area contributed by atoms with Crippen LogP contribution in [0, 0.1) is 0 Å². The van der Waals surface area contributed by atoms with Crippen LogP contribution in [0.3, 0.4) is 0 Å². The normalized spacial score (nSPS) is 9.67. The van der Waals surface area contributed by atoms with Gasteiger partial charge < -0.3 is 0 Å². The number of hydrogen-bond acceptors (Lipinski definition) is 1. The average molecular weight is 273 g/mol. The van der Waals surface area contributed by atoms with Crippen LogP contribution in [0.4, 0.5) is 0 Å². The maximum absolute atomic E-state index is 9.03. The van der Waals surface area contributed by atoms with E-state index in [2.05, 4.69) is 13.2 Å². The molecule has 0 radical (unpaired) electrons. The molecule has 1 aromatic rings. The summed E-state index contributed by atoms with van der Waals surface area (Å²) in [6.07, 6.45) is 0. The molecule has 64 valence electrons. The van der Waals surface area contributed by atoms with E-state index in [1.54, 1.807) is 12.1 Å². The summed E-state index contributed by atoms with van der Waals surface area (Å²) in [6, 6.07) is 7.10. The first kappa shape index (κ1) is 9.32. The second kappa shape index (κ2) is 4.30. The molecule has 1 N–H and O–H groups in total. The van der Waals surface area contributed by atoms with Crippen molar-refractivity contribution in [2.45, 2.75) is 0 Å². The van der Waals surface area contributed by atoms with Crippen LogP contribution >= 0.6 is 0 Å². The first-order valence-corrected chi connectivity index (χ1v) is 5.79. The molecule has 0 saturated heterocycles. The summed E-state index contributed by atoms with van der Waals surface area (Å²) in [7, 11) is 0. The predicted octanol–water partition coefficient (Wildman–Crippen LogP) is -0.405. The summed E-state index contributed by atoms with van der Waals surface area (Å²) in [5.41, 5.74) is 1.10. The van der Waals surface area contributed by atoms with Crippen molar-refractivity contribution < 1.29 is 26.3 Å². The number of halogens is 1. The third-order valence-electron chi connectivity index (χ3n) is 1.39. The number of aromatic hydroxyl groups is 1. The van der Waals surface area contributed by atoms with Gasteiger partial charge in [0.25, 0.3) is 0 Å². The second-order valence-corrected chi connectivity index (χ2v) is 5.02. The van der Waals surface area contributed by atoms with Gasteiger partial charge in [-0.15, -0.1) is 0 Å². The molecule has 0 atom stereocenters. The summed E-state index contributed by atoms with van der Waals surface area (Å²) < 4.78 is 3.05. The molecule has 1 rings (SSSR count). The molecular weight excluding hydrogens is 263 g/mol. The Labute approximate surface area is 82.7 Å². The molecule has 0 aliphatic carbocycles. The Bertz CT molecular complexity index is 287. The van der Waals surface area contributed by atoms with Gasteiger partial charge in [-0.05, 0) is 0 Å². The van der Waals surface area contributed by atoms with E-state index in [4.69, 9.17) is 5.11 Å². The van der Waals surface area contributed by atoms with Gasteiger partial charge in [0, 0.05) is 0 Å². The third kappa shape index (κ3) is 2.37. The Balaban J connectivity index is 2.82. The van der Waals surface area contributed by atoms with Crippen molar-refractivity contribution in [2.24, 2.45) is 0 Å². The molecule has 0 aliphatic rings. The van der Waals surface area contributed by atoms with Gasteiger partial charge >= 0.3 is 82.7 Å². The van der Waals surface area contributed by atoms with Gasteiger partial charge in [0.1, 0.15) is 0 Å². The molecule has 12 heavy (non-hydrogen) atoms. The van der Waals surface area contributed by atoms with Gasteiger partial charge in [-0.25, -0.2) is 0 Å². The van der Waals surface area contributed by atoms with Gasteiger partial charge in [-0.2, -0.15) is 0 Å². The fourth-order valence-corrected chi connectivity index (χ4v) is 2.05. The molecule has 0 aliphatic heterocycles. The molecule has 0 bridgehead atoms. The van der Waals surface area contributed by atoms with Gasteiger partial charge in [0.05, 0.1) is 0 Å². The molecular formula is C10H10IO-. The van der Waals surface area contributed by atoms with E-state index in [1.165, 1.54) is 0 Å². The Morgan fingerprint density at radius 2 is 1.92 bits per heavy atom. The van der Waals surface area contributed by atoms with Gasteiger partial charge in [-0.3, -0.25) is 0 Å². The molecule has 2 heteroatoms. The van der Waals surface area contributed by atoms with Crippen molar-refractivity contribution in [3.05, 3.63) is 47.1 Å². The molecule has 0 saturated carbocycles. The molecule has 0 unspecified atom stereocenters. The number of benzene rings is 1. The minimum absolute atomic E-state index is 0.136. The van der Waals surface area contributed by atoms with Crippen molar-refractivity contribution in [2.75, 3.05) is 0 Å². The number of phenolic OH excluding ortho intramolecular Hbond substituents is 1. The monoisotopic (exact) mass is 273 g/mol. The SMILES string of the molecule is C=C[I-]C(=C)c1ccc(O)cc1. The van der Waals surface area contributed by atoms with Crippen LogP contribution in [0.5, 0.6) is 5.75 Å². The molecule has 0 amide bonds. The number of phenols is 1. The van der Waals surface area contributed by atoms with Gasteiger partial charge in [-0.1, -0.05) is 0 Å². The summed E-state index contributed by atoms with van der Waals surface area (Å²) in [4.78, 5) is 0. The summed E-state index contributed by atoms with van der Waals surface area (Å²) in [5, 5.41) is 9.03. The van der Waals surface area contributed by atoms with Crippen LogP contribution in [-0.4, -0.2) is 5.11 Å². The third-order valence-corrected chi connectivity index (χ3v) is 3.20. The van der Waals surface area contributed by atoms with Gasteiger partial charge in [0.2, 0.25) is 0 Å². The Morgan fingerprint density at radius 3 is 2.42 bits per heavy atom. The van der Waals surface area contributed by atoms with E-state index in [-0.39, 0.29) is 21.2 Å². The molecule has 1 aromatic carbocycles. The summed E-state index contributed by atoms with van der Waals surface area (Å²) in [6.45, 7) is 7.62. The Morgan fingerprint density at radius 1 is 1.33 bits per heavy atom. The van der Waals surface area contributed by atoms with Crippen molar-refractivity contribution in [3.63, 3.8) is 0 Å². The molecule has 0 heterocycles. The number of hydrogen-bond donors (Lipinski definition) is 1. The quantitative estimate of drug-likeness (QED) is 0.743. The minimum atomic E-state index is -0.136.